The third kappa shape index (κ3) is 4.03. The molecule has 0 spiro atoms. The maximum Gasteiger partial charge on any atom is 0.225 e. The van der Waals surface area contributed by atoms with E-state index < -0.39 is 0 Å². The van der Waals surface area contributed by atoms with E-state index in [0.717, 1.165) is 18.4 Å². The zero-order valence-electron chi connectivity index (χ0n) is 15.1. The average molecular weight is 341 g/mol. The van der Waals surface area contributed by atoms with Gasteiger partial charge in [0.2, 0.25) is 11.8 Å². The van der Waals surface area contributed by atoms with E-state index in [9.17, 15) is 9.59 Å². The molecule has 5 heteroatoms. The molecule has 1 N–H and O–H groups in total. The Bertz CT molecular complexity index is 742. The first-order valence-corrected chi connectivity index (χ1v) is 9.18. The smallest absolute Gasteiger partial charge is 0.225 e. The third-order valence-electron chi connectivity index (χ3n) is 4.95. The second kappa shape index (κ2) is 7.72. The standard InChI is InChI=1S/C20H27N3O2/c1-15(2)20(25)23-12-10-22(11-13-23)19(24)9-5-6-16-14-21-18-8-4-3-7-17(16)18/h3-4,7-8,14-15,21H,5-6,9-13H2,1-2H3. The molecule has 0 saturated carbocycles. The SMILES string of the molecule is CC(C)C(=O)N1CCN(C(=O)CCCc2c[nH]c3ccccc23)CC1. The lowest BCUT2D eigenvalue weighted by atomic mass is 10.1. The monoisotopic (exact) mass is 341 g/mol. The van der Waals surface area contributed by atoms with Gasteiger partial charge in [-0.3, -0.25) is 9.59 Å². The molecule has 3 rings (SSSR count). The summed E-state index contributed by atoms with van der Waals surface area (Å²) in [6, 6.07) is 8.26. The largest absolute Gasteiger partial charge is 0.361 e. The number of hydrogen-bond acceptors (Lipinski definition) is 2. The van der Waals surface area contributed by atoms with E-state index in [0.29, 0.717) is 32.6 Å². The van der Waals surface area contributed by atoms with E-state index in [1.54, 1.807) is 0 Å². The number of nitrogens with zero attached hydrogens (tertiary/aromatic N) is 2. The second-order valence-corrected chi connectivity index (χ2v) is 7.07. The van der Waals surface area contributed by atoms with Gasteiger partial charge in [0.25, 0.3) is 0 Å². The number of aryl methyl sites for hydroxylation is 1. The lowest BCUT2D eigenvalue weighted by Gasteiger charge is -2.35. The van der Waals surface area contributed by atoms with E-state index in [1.807, 2.05) is 42.0 Å². The van der Waals surface area contributed by atoms with Gasteiger partial charge in [-0.1, -0.05) is 32.0 Å². The topological polar surface area (TPSA) is 56.4 Å². The highest BCUT2D eigenvalue weighted by molar-refractivity contribution is 5.83. The molecule has 2 amide bonds. The highest BCUT2D eigenvalue weighted by atomic mass is 16.2. The number of aromatic nitrogens is 1. The molecule has 1 saturated heterocycles. The van der Waals surface area contributed by atoms with Crippen LogP contribution in [-0.2, 0) is 16.0 Å². The number of carbonyl (C=O) groups is 2. The number of rotatable bonds is 5. The third-order valence-corrected chi connectivity index (χ3v) is 4.95. The summed E-state index contributed by atoms with van der Waals surface area (Å²) in [5.74, 6) is 0.418. The van der Waals surface area contributed by atoms with E-state index in [2.05, 4.69) is 17.1 Å². The van der Waals surface area contributed by atoms with Gasteiger partial charge in [0.1, 0.15) is 0 Å². The zero-order chi connectivity index (χ0) is 17.8. The van der Waals surface area contributed by atoms with Crippen molar-refractivity contribution >= 4 is 22.7 Å². The molecule has 1 aromatic carbocycles. The zero-order valence-corrected chi connectivity index (χ0v) is 15.1. The highest BCUT2D eigenvalue weighted by Gasteiger charge is 2.24. The van der Waals surface area contributed by atoms with Gasteiger partial charge in [0.15, 0.2) is 0 Å². The summed E-state index contributed by atoms with van der Waals surface area (Å²) in [4.78, 5) is 31.5. The number of H-pyrrole nitrogens is 1. The summed E-state index contributed by atoms with van der Waals surface area (Å²) in [5, 5.41) is 1.25. The molecule has 134 valence electrons. The van der Waals surface area contributed by atoms with Gasteiger partial charge >= 0.3 is 0 Å². The number of para-hydroxylation sites is 1. The number of carbonyl (C=O) groups excluding carboxylic acids is 2. The molecule has 0 aliphatic carbocycles. The van der Waals surface area contributed by atoms with Gasteiger partial charge in [-0.05, 0) is 24.5 Å². The predicted molar refractivity (Wildman–Crippen MR) is 99.2 cm³/mol. The van der Waals surface area contributed by atoms with E-state index >= 15 is 0 Å². The number of hydrogen-bond donors (Lipinski definition) is 1. The molecular formula is C20H27N3O2. The Labute approximate surface area is 149 Å². The van der Waals surface area contributed by atoms with Gasteiger partial charge in [0, 0.05) is 55.6 Å². The molecule has 25 heavy (non-hydrogen) atoms. The van der Waals surface area contributed by atoms with Crippen LogP contribution in [0.3, 0.4) is 0 Å². The lowest BCUT2D eigenvalue weighted by molar-refractivity contribution is -0.141. The van der Waals surface area contributed by atoms with Gasteiger partial charge in [-0.15, -0.1) is 0 Å². The molecule has 0 bridgehead atoms. The van der Waals surface area contributed by atoms with Crippen molar-refractivity contribution in [3.63, 3.8) is 0 Å². The number of piperazine rings is 1. The van der Waals surface area contributed by atoms with Gasteiger partial charge in [-0.25, -0.2) is 0 Å². The molecule has 1 aliphatic heterocycles. The fraction of sp³-hybridized carbons (Fsp3) is 0.500. The van der Waals surface area contributed by atoms with Crippen LogP contribution in [0, 0.1) is 5.92 Å². The van der Waals surface area contributed by atoms with Crippen LogP contribution >= 0.6 is 0 Å². The number of aromatic amines is 1. The van der Waals surface area contributed by atoms with Crippen molar-refractivity contribution < 1.29 is 9.59 Å². The van der Waals surface area contributed by atoms with Crippen LogP contribution in [0.5, 0.6) is 0 Å². The maximum absolute atomic E-state index is 12.4. The highest BCUT2D eigenvalue weighted by Crippen LogP contribution is 2.19. The second-order valence-electron chi connectivity index (χ2n) is 7.07. The predicted octanol–water partition coefficient (Wildman–Crippen LogP) is 2.82. The Morgan fingerprint density at radius 1 is 1.08 bits per heavy atom. The molecule has 0 radical (unpaired) electrons. The number of benzene rings is 1. The van der Waals surface area contributed by atoms with Crippen molar-refractivity contribution in [2.24, 2.45) is 5.92 Å². The van der Waals surface area contributed by atoms with Crippen molar-refractivity contribution in [1.29, 1.82) is 0 Å². The number of nitrogens with one attached hydrogen (secondary N) is 1. The van der Waals surface area contributed by atoms with Crippen molar-refractivity contribution in [2.45, 2.75) is 33.1 Å². The summed E-state index contributed by atoms with van der Waals surface area (Å²) in [7, 11) is 0. The Kier molecular flexibility index (Phi) is 5.41. The average Bonchev–Trinajstić information content (AvgIpc) is 3.04. The van der Waals surface area contributed by atoms with Crippen molar-refractivity contribution in [3.8, 4) is 0 Å². The first-order valence-electron chi connectivity index (χ1n) is 9.18. The molecule has 2 aromatic rings. The number of fused-ring (bicyclic) bond motifs is 1. The first-order chi connectivity index (χ1) is 12.1. The molecule has 2 heterocycles. The van der Waals surface area contributed by atoms with Gasteiger partial charge in [-0.2, -0.15) is 0 Å². The van der Waals surface area contributed by atoms with Crippen molar-refractivity contribution in [2.75, 3.05) is 26.2 Å². The van der Waals surface area contributed by atoms with Crippen LogP contribution in [0.1, 0.15) is 32.3 Å². The van der Waals surface area contributed by atoms with Crippen LogP contribution in [0.15, 0.2) is 30.5 Å². The van der Waals surface area contributed by atoms with E-state index in [1.165, 1.54) is 10.9 Å². The number of amides is 2. The first kappa shape index (κ1) is 17.5. The van der Waals surface area contributed by atoms with Gasteiger partial charge in [0.05, 0.1) is 0 Å². The molecule has 1 aromatic heterocycles. The fourth-order valence-corrected chi connectivity index (χ4v) is 3.47. The van der Waals surface area contributed by atoms with Crippen LogP contribution in [0.2, 0.25) is 0 Å². The summed E-state index contributed by atoms with van der Waals surface area (Å²) in [6.45, 7) is 6.47. The van der Waals surface area contributed by atoms with E-state index in [-0.39, 0.29) is 17.7 Å². The molecule has 1 fully saturated rings. The van der Waals surface area contributed by atoms with Crippen LogP contribution in [0.25, 0.3) is 10.9 Å². The minimum atomic E-state index is 0.0263. The van der Waals surface area contributed by atoms with Crippen molar-refractivity contribution in [3.05, 3.63) is 36.0 Å². The normalized spacial score (nSPS) is 15.2. The van der Waals surface area contributed by atoms with E-state index in [4.69, 9.17) is 0 Å². The molecular weight excluding hydrogens is 314 g/mol. The van der Waals surface area contributed by atoms with Gasteiger partial charge < -0.3 is 14.8 Å². The Balaban J connectivity index is 1.45. The van der Waals surface area contributed by atoms with Crippen LogP contribution in [-0.4, -0.2) is 52.8 Å². The summed E-state index contributed by atoms with van der Waals surface area (Å²) >= 11 is 0. The Hall–Kier alpha value is -2.30. The van der Waals surface area contributed by atoms with Crippen molar-refractivity contribution in [1.82, 2.24) is 14.8 Å². The fourth-order valence-electron chi connectivity index (χ4n) is 3.47. The maximum atomic E-state index is 12.4. The molecule has 1 aliphatic rings. The van der Waals surface area contributed by atoms with Crippen LogP contribution < -0.4 is 0 Å². The Morgan fingerprint density at radius 3 is 2.48 bits per heavy atom. The molecule has 0 unspecified atom stereocenters. The summed E-state index contributed by atoms with van der Waals surface area (Å²) in [6.07, 6.45) is 4.37. The van der Waals surface area contributed by atoms with Crippen LogP contribution in [0.4, 0.5) is 0 Å². The summed E-state index contributed by atoms with van der Waals surface area (Å²) < 4.78 is 0. The molecule has 5 nitrogen and oxygen atoms in total. The lowest BCUT2D eigenvalue weighted by Crippen LogP contribution is -2.51. The summed E-state index contributed by atoms with van der Waals surface area (Å²) in [5.41, 5.74) is 2.42. The minimum absolute atomic E-state index is 0.0263. The quantitative estimate of drug-likeness (QED) is 0.909. The Morgan fingerprint density at radius 2 is 1.76 bits per heavy atom. The minimum Gasteiger partial charge on any atom is -0.361 e. The molecule has 0 atom stereocenters.